The first kappa shape index (κ1) is 12.5. The summed E-state index contributed by atoms with van der Waals surface area (Å²) in [4.78, 5) is 13.6. The average molecular weight is 213 g/mol. The topological polar surface area (TPSA) is 58.4 Å². The number of carbonyl (C=O) groups excluding carboxylic acids is 1. The normalized spacial score (nSPS) is 20.3. The molecule has 0 radical (unpaired) electrons. The number of amides is 1. The molecule has 1 unspecified atom stereocenters. The maximum atomic E-state index is 11.4. The minimum atomic E-state index is -0.599. The van der Waals surface area contributed by atoms with Gasteiger partial charge in [0, 0.05) is 13.1 Å². The Morgan fingerprint density at radius 3 is 2.60 bits per heavy atom. The Bertz CT molecular complexity index is 228. The molecular weight excluding hydrogens is 190 g/mol. The number of hydrogen-bond donors (Lipinski definition) is 2. The lowest BCUT2D eigenvalue weighted by atomic mass is 10.0. The van der Waals surface area contributed by atoms with Crippen LogP contribution in [0.1, 0.15) is 26.7 Å². The fraction of sp³-hybridized carbons (Fsp3) is 0.909. The van der Waals surface area contributed by atoms with Crippen molar-refractivity contribution in [2.75, 3.05) is 26.7 Å². The first-order valence-corrected chi connectivity index (χ1v) is 5.71. The Hall–Kier alpha value is -0.610. The molecule has 0 bridgehead atoms. The fourth-order valence-electron chi connectivity index (χ4n) is 1.96. The van der Waals surface area contributed by atoms with Gasteiger partial charge in [-0.3, -0.25) is 4.79 Å². The number of nitrogens with two attached hydrogens (primary N) is 1. The van der Waals surface area contributed by atoms with Gasteiger partial charge in [-0.15, -0.1) is 0 Å². The Balaban J connectivity index is 2.44. The Morgan fingerprint density at radius 1 is 1.60 bits per heavy atom. The number of nitrogens with zero attached hydrogens (tertiary/aromatic N) is 1. The van der Waals surface area contributed by atoms with Crippen molar-refractivity contribution in [3.63, 3.8) is 0 Å². The first-order valence-electron chi connectivity index (χ1n) is 5.71. The van der Waals surface area contributed by atoms with E-state index in [2.05, 4.69) is 17.3 Å². The lowest BCUT2D eigenvalue weighted by Crippen LogP contribution is -2.59. The van der Waals surface area contributed by atoms with Gasteiger partial charge in [-0.25, -0.2) is 0 Å². The maximum Gasteiger partial charge on any atom is 0.238 e. The molecule has 1 aliphatic rings. The zero-order valence-electron chi connectivity index (χ0n) is 10.0. The summed E-state index contributed by atoms with van der Waals surface area (Å²) >= 11 is 0. The summed E-state index contributed by atoms with van der Waals surface area (Å²) < 4.78 is 0. The van der Waals surface area contributed by atoms with E-state index in [-0.39, 0.29) is 5.91 Å². The molecule has 15 heavy (non-hydrogen) atoms. The molecule has 0 spiro atoms. The van der Waals surface area contributed by atoms with Gasteiger partial charge in [0.1, 0.15) is 5.54 Å². The first-order chi connectivity index (χ1) is 6.98. The molecule has 1 rings (SSSR count). The number of carbonyl (C=O) groups is 1. The molecule has 1 atom stereocenters. The average Bonchev–Trinajstić information content (AvgIpc) is 2.87. The standard InChI is InChI=1S/C11H23N3O/c1-4-13-11(2,10(12)15)8-14(3)7-9-5-6-9/h9,13H,4-8H2,1-3H3,(H2,12,15). The molecule has 0 heterocycles. The second kappa shape index (κ2) is 4.94. The molecule has 4 heteroatoms. The van der Waals surface area contributed by atoms with Crippen molar-refractivity contribution in [3.05, 3.63) is 0 Å². The molecule has 0 aliphatic heterocycles. The molecule has 88 valence electrons. The fourth-order valence-corrected chi connectivity index (χ4v) is 1.96. The van der Waals surface area contributed by atoms with Crippen molar-refractivity contribution < 1.29 is 4.79 Å². The second-order valence-corrected chi connectivity index (χ2v) is 4.87. The highest BCUT2D eigenvalue weighted by molar-refractivity contribution is 5.84. The van der Waals surface area contributed by atoms with E-state index in [4.69, 9.17) is 5.73 Å². The number of primary amides is 1. The van der Waals surface area contributed by atoms with E-state index < -0.39 is 5.54 Å². The van der Waals surface area contributed by atoms with Crippen molar-refractivity contribution in [3.8, 4) is 0 Å². The molecule has 1 amide bonds. The third kappa shape index (κ3) is 3.80. The molecule has 1 saturated carbocycles. The Morgan fingerprint density at radius 2 is 2.20 bits per heavy atom. The van der Waals surface area contributed by atoms with Crippen molar-refractivity contribution in [2.45, 2.75) is 32.2 Å². The van der Waals surface area contributed by atoms with Gasteiger partial charge in [0.05, 0.1) is 0 Å². The summed E-state index contributed by atoms with van der Waals surface area (Å²) in [7, 11) is 2.05. The monoisotopic (exact) mass is 213 g/mol. The van der Waals surface area contributed by atoms with Crippen molar-refractivity contribution >= 4 is 5.91 Å². The maximum absolute atomic E-state index is 11.4. The molecule has 3 N–H and O–H groups in total. The van der Waals surface area contributed by atoms with Crippen LogP contribution < -0.4 is 11.1 Å². The molecule has 0 saturated heterocycles. The zero-order valence-corrected chi connectivity index (χ0v) is 10.0. The predicted octanol–water partition coefficient (Wildman–Crippen LogP) is 0.182. The molecule has 0 aromatic rings. The lowest BCUT2D eigenvalue weighted by molar-refractivity contribution is -0.124. The predicted molar refractivity (Wildman–Crippen MR) is 61.5 cm³/mol. The zero-order chi connectivity index (χ0) is 11.5. The molecule has 0 aromatic carbocycles. The summed E-state index contributed by atoms with van der Waals surface area (Å²) in [5.74, 6) is 0.570. The van der Waals surface area contributed by atoms with E-state index in [1.54, 1.807) is 0 Å². The van der Waals surface area contributed by atoms with Gasteiger partial charge in [-0.2, -0.15) is 0 Å². The van der Waals surface area contributed by atoms with Crippen molar-refractivity contribution in [1.82, 2.24) is 10.2 Å². The highest BCUT2D eigenvalue weighted by Gasteiger charge is 2.33. The van der Waals surface area contributed by atoms with E-state index in [1.807, 2.05) is 13.8 Å². The van der Waals surface area contributed by atoms with Gasteiger partial charge in [0.2, 0.25) is 5.91 Å². The molecule has 4 nitrogen and oxygen atoms in total. The van der Waals surface area contributed by atoms with E-state index >= 15 is 0 Å². The van der Waals surface area contributed by atoms with Crippen LogP contribution >= 0.6 is 0 Å². The van der Waals surface area contributed by atoms with Crippen LogP contribution in [-0.4, -0.2) is 43.0 Å². The SMILES string of the molecule is CCNC(C)(CN(C)CC1CC1)C(N)=O. The quantitative estimate of drug-likeness (QED) is 0.634. The van der Waals surface area contributed by atoms with Crippen molar-refractivity contribution in [1.29, 1.82) is 0 Å². The number of likely N-dealkylation sites (N-methyl/N-ethyl adjacent to an activating group) is 2. The highest BCUT2D eigenvalue weighted by atomic mass is 16.1. The second-order valence-electron chi connectivity index (χ2n) is 4.87. The smallest absolute Gasteiger partial charge is 0.238 e. The van der Waals surface area contributed by atoms with Crippen LogP contribution in [-0.2, 0) is 4.79 Å². The summed E-state index contributed by atoms with van der Waals surface area (Å²) in [5.41, 5.74) is 4.82. The van der Waals surface area contributed by atoms with Gasteiger partial charge in [0.15, 0.2) is 0 Å². The lowest BCUT2D eigenvalue weighted by Gasteiger charge is -2.31. The van der Waals surface area contributed by atoms with Crippen LogP contribution in [0.4, 0.5) is 0 Å². The van der Waals surface area contributed by atoms with Crippen molar-refractivity contribution in [2.24, 2.45) is 11.7 Å². The Kier molecular flexibility index (Phi) is 4.11. The number of rotatable bonds is 7. The van der Waals surface area contributed by atoms with Crippen LogP contribution in [0.15, 0.2) is 0 Å². The third-order valence-electron chi connectivity index (χ3n) is 2.96. The highest BCUT2D eigenvalue weighted by Crippen LogP contribution is 2.29. The summed E-state index contributed by atoms with van der Waals surface area (Å²) in [6.45, 7) is 6.39. The van der Waals surface area contributed by atoms with Crippen LogP contribution in [0, 0.1) is 5.92 Å². The van der Waals surface area contributed by atoms with E-state index in [1.165, 1.54) is 12.8 Å². The van der Waals surface area contributed by atoms with E-state index in [0.29, 0.717) is 6.54 Å². The van der Waals surface area contributed by atoms with Crippen LogP contribution in [0.5, 0.6) is 0 Å². The summed E-state index contributed by atoms with van der Waals surface area (Å²) in [5, 5.41) is 3.17. The van der Waals surface area contributed by atoms with Crippen LogP contribution in [0.3, 0.4) is 0 Å². The minimum Gasteiger partial charge on any atom is -0.368 e. The summed E-state index contributed by atoms with van der Waals surface area (Å²) in [6, 6.07) is 0. The Labute approximate surface area is 92.2 Å². The van der Waals surface area contributed by atoms with Crippen LogP contribution in [0.25, 0.3) is 0 Å². The van der Waals surface area contributed by atoms with E-state index in [0.717, 1.165) is 19.0 Å². The third-order valence-corrected chi connectivity index (χ3v) is 2.96. The minimum absolute atomic E-state index is 0.271. The van der Waals surface area contributed by atoms with Crippen LogP contribution in [0.2, 0.25) is 0 Å². The summed E-state index contributed by atoms with van der Waals surface area (Å²) in [6.07, 6.45) is 2.66. The van der Waals surface area contributed by atoms with Gasteiger partial charge < -0.3 is 16.0 Å². The molecule has 0 aromatic heterocycles. The van der Waals surface area contributed by atoms with E-state index in [9.17, 15) is 4.79 Å². The molecular formula is C11H23N3O. The van der Waals surface area contributed by atoms with Gasteiger partial charge in [0.25, 0.3) is 0 Å². The van der Waals surface area contributed by atoms with Gasteiger partial charge in [-0.1, -0.05) is 6.92 Å². The van der Waals surface area contributed by atoms with Gasteiger partial charge in [-0.05, 0) is 39.3 Å². The number of nitrogens with one attached hydrogen (secondary N) is 1. The number of hydrogen-bond acceptors (Lipinski definition) is 3. The van der Waals surface area contributed by atoms with Gasteiger partial charge >= 0.3 is 0 Å². The largest absolute Gasteiger partial charge is 0.368 e. The molecule has 1 fully saturated rings. The molecule has 1 aliphatic carbocycles.